The number of nitrogens with one attached hydrogen (secondary N) is 1. The molecular formula is C22H28N6O4S. The first kappa shape index (κ1) is 24.3. The van der Waals surface area contributed by atoms with Crippen LogP contribution in [0.15, 0.2) is 47.4 Å². The maximum atomic E-state index is 12.6. The van der Waals surface area contributed by atoms with Gasteiger partial charge in [0.05, 0.1) is 12.0 Å². The zero-order chi connectivity index (χ0) is 24.0. The quantitative estimate of drug-likeness (QED) is 0.482. The number of aromatic nitrogens is 4. The van der Waals surface area contributed by atoms with Crippen LogP contribution in [-0.2, 0) is 21.2 Å². The largest absolute Gasteiger partial charge is 0.494 e. The van der Waals surface area contributed by atoms with Crippen molar-refractivity contribution in [3.63, 3.8) is 0 Å². The van der Waals surface area contributed by atoms with E-state index in [9.17, 15) is 13.2 Å². The molecule has 0 saturated carbocycles. The predicted octanol–water partition coefficient (Wildman–Crippen LogP) is 2.58. The number of nitrogens with zero attached hydrogens (tertiary/aromatic N) is 5. The summed E-state index contributed by atoms with van der Waals surface area (Å²) in [6.45, 7) is 6.22. The van der Waals surface area contributed by atoms with Crippen molar-refractivity contribution in [1.29, 1.82) is 0 Å². The molecule has 176 valence electrons. The first-order valence-corrected chi connectivity index (χ1v) is 12.1. The molecule has 0 aliphatic rings. The van der Waals surface area contributed by atoms with Crippen molar-refractivity contribution in [3.8, 4) is 11.4 Å². The van der Waals surface area contributed by atoms with Crippen LogP contribution < -0.4 is 10.1 Å². The van der Waals surface area contributed by atoms with Crippen LogP contribution in [-0.4, -0.2) is 59.0 Å². The number of hydrogen-bond acceptors (Lipinski definition) is 7. The summed E-state index contributed by atoms with van der Waals surface area (Å²) in [4.78, 5) is 12.8. The van der Waals surface area contributed by atoms with Gasteiger partial charge in [-0.15, -0.1) is 5.10 Å². The van der Waals surface area contributed by atoms with Crippen molar-refractivity contribution in [3.05, 3.63) is 53.9 Å². The van der Waals surface area contributed by atoms with Gasteiger partial charge in [0, 0.05) is 25.2 Å². The minimum atomic E-state index is -3.49. The Hall–Kier alpha value is -3.31. The van der Waals surface area contributed by atoms with E-state index in [0.29, 0.717) is 42.5 Å². The third-order valence-corrected chi connectivity index (χ3v) is 7.29. The summed E-state index contributed by atoms with van der Waals surface area (Å²) in [5.41, 5.74) is 2.08. The summed E-state index contributed by atoms with van der Waals surface area (Å²) < 4.78 is 33.5. The van der Waals surface area contributed by atoms with Crippen LogP contribution in [0.4, 0.5) is 5.69 Å². The Kier molecular flexibility index (Phi) is 7.77. The second kappa shape index (κ2) is 10.5. The number of carbonyl (C=O) groups excluding carboxylic acids is 1. The van der Waals surface area contributed by atoms with Gasteiger partial charge in [-0.1, -0.05) is 26.0 Å². The second-order valence-corrected chi connectivity index (χ2v) is 9.24. The Balaban J connectivity index is 1.65. The Morgan fingerprint density at radius 3 is 2.39 bits per heavy atom. The third-order valence-electron chi connectivity index (χ3n) is 5.22. The van der Waals surface area contributed by atoms with Crippen molar-refractivity contribution in [2.45, 2.75) is 38.5 Å². The van der Waals surface area contributed by atoms with Crippen LogP contribution in [0.1, 0.15) is 31.7 Å². The number of benzene rings is 2. The highest BCUT2D eigenvalue weighted by atomic mass is 32.2. The zero-order valence-electron chi connectivity index (χ0n) is 19.1. The maximum Gasteiger partial charge on any atom is 0.243 e. The number of ether oxygens (including phenoxy) is 1. The molecule has 0 aliphatic carbocycles. The van der Waals surface area contributed by atoms with E-state index in [2.05, 4.69) is 20.8 Å². The van der Waals surface area contributed by atoms with Crippen molar-refractivity contribution < 1.29 is 17.9 Å². The van der Waals surface area contributed by atoms with Crippen molar-refractivity contribution in [1.82, 2.24) is 24.5 Å². The summed E-state index contributed by atoms with van der Waals surface area (Å²) in [5.74, 6) is 0.991. The molecule has 0 bridgehead atoms. The fourth-order valence-corrected chi connectivity index (χ4v) is 4.87. The van der Waals surface area contributed by atoms with E-state index in [-0.39, 0.29) is 17.2 Å². The summed E-state index contributed by atoms with van der Waals surface area (Å²) in [7, 11) is -1.94. The molecule has 0 radical (unpaired) electrons. The van der Waals surface area contributed by atoms with Gasteiger partial charge in [-0.3, -0.25) is 4.79 Å². The average Bonchev–Trinajstić information content (AvgIpc) is 3.24. The SMILES string of the molecule is CCN(CC)S(=O)(=O)c1ccc(CCC(=O)Nc2ccc(OC)c(-n3nnnc3C)c2)cc1. The lowest BCUT2D eigenvalue weighted by atomic mass is 10.1. The zero-order valence-corrected chi connectivity index (χ0v) is 20.0. The van der Waals surface area contributed by atoms with E-state index < -0.39 is 10.0 Å². The molecule has 33 heavy (non-hydrogen) atoms. The summed E-state index contributed by atoms with van der Waals surface area (Å²) >= 11 is 0. The van der Waals surface area contributed by atoms with E-state index in [1.807, 2.05) is 13.8 Å². The number of aryl methyl sites for hydroxylation is 2. The first-order chi connectivity index (χ1) is 15.8. The van der Waals surface area contributed by atoms with E-state index in [0.717, 1.165) is 5.56 Å². The van der Waals surface area contributed by atoms with E-state index in [4.69, 9.17) is 4.74 Å². The maximum absolute atomic E-state index is 12.6. The van der Waals surface area contributed by atoms with Crippen molar-refractivity contribution >= 4 is 21.6 Å². The third kappa shape index (κ3) is 5.55. The second-order valence-electron chi connectivity index (χ2n) is 7.31. The lowest BCUT2D eigenvalue weighted by Gasteiger charge is -2.18. The molecule has 1 N–H and O–H groups in total. The number of anilines is 1. The van der Waals surface area contributed by atoms with Gasteiger partial charge in [-0.05, 0) is 59.7 Å². The number of tetrazole rings is 1. The molecule has 1 heterocycles. The van der Waals surface area contributed by atoms with Crippen LogP contribution >= 0.6 is 0 Å². The molecule has 0 unspecified atom stereocenters. The number of hydrogen-bond donors (Lipinski definition) is 1. The Morgan fingerprint density at radius 2 is 1.82 bits per heavy atom. The fourth-order valence-electron chi connectivity index (χ4n) is 3.41. The molecule has 0 aliphatic heterocycles. The monoisotopic (exact) mass is 472 g/mol. The van der Waals surface area contributed by atoms with Gasteiger partial charge in [0.25, 0.3) is 0 Å². The molecule has 0 fully saturated rings. The van der Waals surface area contributed by atoms with Gasteiger partial charge >= 0.3 is 0 Å². The van der Waals surface area contributed by atoms with Gasteiger partial charge in [0.2, 0.25) is 15.9 Å². The molecule has 3 aromatic rings. The lowest BCUT2D eigenvalue weighted by molar-refractivity contribution is -0.116. The van der Waals surface area contributed by atoms with Crippen molar-refractivity contribution in [2.75, 3.05) is 25.5 Å². The Labute approximate surface area is 193 Å². The molecule has 3 rings (SSSR count). The predicted molar refractivity (Wildman–Crippen MR) is 124 cm³/mol. The highest BCUT2D eigenvalue weighted by Gasteiger charge is 2.21. The van der Waals surface area contributed by atoms with Gasteiger partial charge < -0.3 is 10.1 Å². The number of carbonyl (C=O) groups is 1. The molecule has 11 heteroatoms. The first-order valence-electron chi connectivity index (χ1n) is 10.6. The van der Waals surface area contributed by atoms with Gasteiger partial charge in [-0.2, -0.15) is 8.99 Å². The number of rotatable bonds is 10. The average molecular weight is 473 g/mol. The molecule has 0 saturated heterocycles. The number of sulfonamides is 1. The van der Waals surface area contributed by atoms with Crippen LogP contribution in [0, 0.1) is 6.92 Å². The van der Waals surface area contributed by atoms with Crippen molar-refractivity contribution in [2.24, 2.45) is 0 Å². The minimum Gasteiger partial charge on any atom is -0.494 e. The standard InChI is InChI=1S/C22H28N6O4S/c1-5-27(6-2)33(30,31)19-11-7-17(8-12-19)9-14-22(29)23-18-10-13-21(32-4)20(15-18)28-16(3)24-25-26-28/h7-8,10-13,15H,5-6,9,14H2,1-4H3,(H,23,29). The van der Waals surface area contributed by atoms with E-state index >= 15 is 0 Å². The Bertz CT molecular complexity index is 1200. The smallest absolute Gasteiger partial charge is 0.243 e. The molecule has 1 aromatic heterocycles. The van der Waals surface area contributed by atoms with Gasteiger partial charge in [0.15, 0.2) is 5.82 Å². The molecule has 2 aromatic carbocycles. The number of amides is 1. The summed E-state index contributed by atoms with van der Waals surface area (Å²) in [6, 6.07) is 11.9. The van der Waals surface area contributed by atoms with Gasteiger partial charge in [0.1, 0.15) is 11.4 Å². The highest BCUT2D eigenvalue weighted by molar-refractivity contribution is 7.89. The molecular weight excluding hydrogens is 444 g/mol. The summed E-state index contributed by atoms with van der Waals surface area (Å²) in [6.07, 6.45) is 0.722. The minimum absolute atomic E-state index is 0.167. The normalized spacial score (nSPS) is 11.5. The van der Waals surface area contributed by atoms with Crippen LogP contribution in [0.2, 0.25) is 0 Å². The molecule has 0 spiro atoms. The molecule has 10 nitrogen and oxygen atoms in total. The molecule has 0 atom stereocenters. The van der Waals surface area contributed by atoms with E-state index in [1.165, 1.54) is 8.99 Å². The van der Waals surface area contributed by atoms with Gasteiger partial charge in [-0.25, -0.2) is 8.42 Å². The molecule has 1 amide bonds. The van der Waals surface area contributed by atoms with Crippen LogP contribution in [0.5, 0.6) is 5.75 Å². The lowest BCUT2D eigenvalue weighted by Crippen LogP contribution is -2.30. The van der Waals surface area contributed by atoms with E-state index in [1.54, 1.807) is 56.5 Å². The topological polar surface area (TPSA) is 119 Å². The van der Waals surface area contributed by atoms with Crippen LogP contribution in [0.3, 0.4) is 0 Å². The number of methoxy groups -OCH3 is 1. The Morgan fingerprint density at radius 1 is 1.12 bits per heavy atom. The summed E-state index contributed by atoms with van der Waals surface area (Å²) in [5, 5.41) is 14.4. The fraction of sp³-hybridized carbons (Fsp3) is 0.364. The highest BCUT2D eigenvalue weighted by Crippen LogP contribution is 2.26. The van der Waals surface area contributed by atoms with Crippen LogP contribution in [0.25, 0.3) is 5.69 Å².